The van der Waals surface area contributed by atoms with Gasteiger partial charge >= 0.3 is 12.1 Å². The van der Waals surface area contributed by atoms with Crippen LogP contribution in [0, 0.1) is 0 Å². The number of H-pyrrole nitrogens is 1. The molecule has 0 spiro atoms. The summed E-state index contributed by atoms with van der Waals surface area (Å²) in [5, 5.41) is 16.1. The van der Waals surface area contributed by atoms with E-state index in [9.17, 15) is 9.59 Å². The van der Waals surface area contributed by atoms with Crippen molar-refractivity contribution in [3.05, 3.63) is 42.2 Å². The fourth-order valence-electron chi connectivity index (χ4n) is 2.94. The molecule has 0 bridgehead atoms. The van der Waals surface area contributed by atoms with Gasteiger partial charge in [0.05, 0.1) is 17.7 Å². The van der Waals surface area contributed by atoms with Crippen molar-refractivity contribution in [3.8, 4) is 11.3 Å². The summed E-state index contributed by atoms with van der Waals surface area (Å²) >= 11 is 0. The Balaban J connectivity index is 1.76. The van der Waals surface area contributed by atoms with Crippen LogP contribution in [0.25, 0.3) is 22.2 Å². The van der Waals surface area contributed by atoms with Gasteiger partial charge in [-0.2, -0.15) is 5.10 Å². The number of ether oxygens (including phenoxy) is 1. The molecule has 1 atom stereocenters. The zero-order valence-corrected chi connectivity index (χ0v) is 13.9. The summed E-state index contributed by atoms with van der Waals surface area (Å²) in [6, 6.07) is 7.13. The van der Waals surface area contributed by atoms with E-state index in [0.717, 1.165) is 27.7 Å². The van der Waals surface area contributed by atoms with Gasteiger partial charge in [0.1, 0.15) is 11.8 Å². The summed E-state index contributed by atoms with van der Waals surface area (Å²) in [5.74, 6) is 0. The average Bonchev–Trinajstić information content (AvgIpc) is 3.07. The number of rotatable bonds is 3. The van der Waals surface area contributed by atoms with E-state index in [4.69, 9.17) is 4.74 Å². The molecule has 3 amide bonds. The maximum atomic E-state index is 11.8. The molecule has 9 nitrogen and oxygen atoms in total. The van der Waals surface area contributed by atoms with Gasteiger partial charge in [-0.15, -0.1) is 0 Å². The molecule has 3 aromatic rings. The van der Waals surface area contributed by atoms with Gasteiger partial charge in [-0.25, -0.2) is 9.59 Å². The van der Waals surface area contributed by atoms with E-state index in [1.807, 2.05) is 24.3 Å². The van der Waals surface area contributed by atoms with E-state index >= 15 is 0 Å². The summed E-state index contributed by atoms with van der Waals surface area (Å²) in [4.78, 5) is 27.3. The number of nitrogens with zero attached hydrogens (tertiary/aromatic N) is 2. The van der Waals surface area contributed by atoms with Crippen LogP contribution in [0.2, 0.25) is 0 Å². The second-order valence-electron chi connectivity index (χ2n) is 5.77. The summed E-state index contributed by atoms with van der Waals surface area (Å²) in [6.07, 6.45) is 2.25. The Morgan fingerprint density at radius 2 is 2.12 bits per heavy atom. The standard InChI is InChI=1S/C17H16N6O3/c1-18-16(24)20-8-14-10-6-11-13(7-12(10)21-17(25)26-14)22-23-15(11)9-2-4-19-5-3-9/h2-7,14H,8H2,1H3,(H,21,25)(H,22,23)(H2,18,20,24). The maximum Gasteiger partial charge on any atom is 0.412 e. The minimum absolute atomic E-state index is 0.161. The fourth-order valence-corrected chi connectivity index (χ4v) is 2.94. The lowest BCUT2D eigenvalue weighted by Crippen LogP contribution is -2.38. The molecule has 1 aromatic carbocycles. The highest BCUT2D eigenvalue weighted by Crippen LogP contribution is 2.36. The number of carbonyl (C=O) groups excluding carboxylic acids is 2. The first-order chi connectivity index (χ1) is 12.7. The second kappa shape index (κ2) is 6.36. The third-order valence-electron chi connectivity index (χ3n) is 4.19. The van der Waals surface area contributed by atoms with Gasteiger partial charge in [0.15, 0.2) is 0 Å². The summed E-state index contributed by atoms with van der Waals surface area (Å²) < 4.78 is 5.35. The Bertz CT molecular complexity index is 985. The Morgan fingerprint density at radius 1 is 1.31 bits per heavy atom. The molecular weight excluding hydrogens is 336 g/mol. The Labute approximate surface area is 148 Å². The van der Waals surface area contributed by atoms with Crippen molar-refractivity contribution in [2.24, 2.45) is 0 Å². The lowest BCUT2D eigenvalue weighted by atomic mass is 10.0. The number of anilines is 1. The van der Waals surface area contributed by atoms with E-state index in [1.54, 1.807) is 12.4 Å². The molecule has 9 heteroatoms. The smallest absolute Gasteiger partial charge is 0.412 e. The second-order valence-corrected chi connectivity index (χ2v) is 5.77. The van der Waals surface area contributed by atoms with Gasteiger partial charge in [-0.05, 0) is 24.3 Å². The lowest BCUT2D eigenvalue weighted by Gasteiger charge is -2.26. The predicted molar refractivity (Wildman–Crippen MR) is 94.6 cm³/mol. The maximum absolute atomic E-state index is 11.8. The molecule has 4 rings (SSSR count). The minimum Gasteiger partial charge on any atom is -0.439 e. The van der Waals surface area contributed by atoms with Gasteiger partial charge in [0.25, 0.3) is 0 Å². The largest absolute Gasteiger partial charge is 0.439 e. The molecule has 0 saturated carbocycles. The molecule has 0 fully saturated rings. The lowest BCUT2D eigenvalue weighted by molar-refractivity contribution is 0.106. The number of benzene rings is 1. The van der Waals surface area contributed by atoms with Crippen LogP contribution >= 0.6 is 0 Å². The number of nitrogens with one attached hydrogen (secondary N) is 4. The van der Waals surface area contributed by atoms with Crippen LogP contribution in [0.4, 0.5) is 15.3 Å². The zero-order chi connectivity index (χ0) is 18.1. The van der Waals surface area contributed by atoms with E-state index in [1.165, 1.54) is 7.05 Å². The van der Waals surface area contributed by atoms with Crippen LogP contribution in [-0.4, -0.2) is 40.9 Å². The van der Waals surface area contributed by atoms with Crippen LogP contribution in [0.1, 0.15) is 11.7 Å². The average molecular weight is 352 g/mol. The highest BCUT2D eigenvalue weighted by atomic mass is 16.6. The van der Waals surface area contributed by atoms with Crippen LogP contribution < -0.4 is 16.0 Å². The normalized spacial score (nSPS) is 15.7. The molecule has 4 N–H and O–H groups in total. The van der Waals surface area contributed by atoms with Crippen LogP contribution in [0.15, 0.2) is 36.7 Å². The fraction of sp³-hybridized carbons (Fsp3) is 0.176. The highest BCUT2D eigenvalue weighted by Gasteiger charge is 2.28. The number of fused-ring (bicyclic) bond motifs is 2. The molecule has 0 aliphatic carbocycles. The molecule has 3 heterocycles. The van der Waals surface area contributed by atoms with Gasteiger partial charge in [0.2, 0.25) is 0 Å². The van der Waals surface area contributed by atoms with Crippen molar-refractivity contribution in [1.29, 1.82) is 0 Å². The molecule has 0 radical (unpaired) electrons. The molecule has 26 heavy (non-hydrogen) atoms. The summed E-state index contributed by atoms with van der Waals surface area (Å²) in [5.41, 5.74) is 3.88. The first-order valence-corrected chi connectivity index (χ1v) is 8.01. The van der Waals surface area contributed by atoms with Crippen molar-refractivity contribution < 1.29 is 14.3 Å². The highest BCUT2D eigenvalue weighted by molar-refractivity contribution is 5.98. The SMILES string of the molecule is CNC(=O)NCC1OC(=O)Nc2cc3[nH]nc(-c4ccncc4)c3cc21. The van der Waals surface area contributed by atoms with E-state index < -0.39 is 12.2 Å². The monoisotopic (exact) mass is 352 g/mol. The molecule has 1 aliphatic rings. The zero-order valence-electron chi connectivity index (χ0n) is 13.9. The van der Waals surface area contributed by atoms with Crippen molar-refractivity contribution >= 4 is 28.7 Å². The predicted octanol–water partition coefficient (Wildman–Crippen LogP) is 2.16. The Kier molecular flexibility index (Phi) is 3.88. The number of pyridine rings is 1. The molecular formula is C17H16N6O3. The molecule has 132 valence electrons. The van der Waals surface area contributed by atoms with Crippen molar-refractivity contribution in [2.45, 2.75) is 6.10 Å². The third kappa shape index (κ3) is 2.79. The number of hydrogen-bond donors (Lipinski definition) is 4. The molecule has 2 aromatic heterocycles. The minimum atomic E-state index is -0.597. The Hall–Kier alpha value is -3.62. The number of aromatic amines is 1. The number of urea groups is 1. The van der Waals surface area contributed by atoms with Gasteiger partial charge < -0.3 is 15.4 Å². The van der Waals surface area contributed by atoms with Gasteiger partial charge in [0, 0.05) is 36.0 Å². The third-order valence-corrected chi connectivity index (χ3v) is 4.19. The van der Waals surface area contributed by atoms with Crippen LogP contribution in [0.3, 0.4) is 0 Å². The number of carbonyl (C=O) groups is 2. The summed E-state index contributed by atoms with van der Waals surface area (Å²) in [7, 11) is 1.52. The van der Waals surface area contributed by atoms with Crippen LogP contribution in [-0.2, 0) is 4.74 Å². The van der Waals surface area contributed by atoms with Crippen LogP contribution in [0.5, 0.6) is 0 Å². The van der Waals surface area contributed by atoms with E-state index in [2.05, 4.69) is 31.1 Å². The van der Waals surface area contributed by atoms with Crippen molar-refractivity contribution in [3.63, 3.8) is 0 Å². The molecule has 1 aliphatic heterocycles. The first-order valence-electron chi connectivity index (χ1n) is 8.01. The number of cyclic esters (lactones) is 1. The summed E-state index contributed by atoms with van der Waals surface area (Å²) in [6.45, 7) is 0.161. The molecule has 1 unspecified atom stereocenters. The van der Waals surface area contributed by atoms with Gasteiger partial charge in [-0.3, -0.25) is 15.4 Å². The number of aromatic nitrogens is 3. The van der Waals surface area contributed by atoms with Gasteiger partial charge in [-0.1, -0.05) is 0 Å². The van der Waals surface area contributed by atoms with Crippen molar-refractivity contribution in [1.82, 2.24) is 25.8 Å². The Morgan fingerprint density at radius 3 is 2.88 bits per heavy atom. The van der Waals surface area contributed by atoms with Crippen molar-refractivity contribution in [2.75, 3.05) is 18.9 Å². The van der Waals surface area contributed by atoms with E-state index in [-0.39, 0.29) is 12.6 Å². The van der Waals surface area contributed by atoms with E-state index in [0.29, 0.717) is 5.69 Å². The molecule has 0 saturated heterocycles. The first kappa shape index (κ1) is 15.9. The topological polar surface area (TPSA) is 121 Å². The number of amides is 3. The number of hydrogen-bond acceptors (Lipinski definition) is 5. The quantitative estimate of drug-likeness (QED) is 0.575.